The van der Waals surface area contributed by atoms with Gasteiger partial charge in [0.1, 0.15) is 17.3 Å². The Kier molecular flexibility index (Phi) is 6.78. The van der Waals surface area contributed by atoms with Crippen LogP contribution >= 0.6 is 0 Å². The first-order valence-corrected chi connectivity index (χ1v) is 12.0. The molecular formula is C28H30N6O3. The van der Waals surface area contributed by atoms with Crippen LogP contribution in [0.3, 0.4) is 0 Å². The van der Waals surface area contributed by atoms with E-state index in [1.54, 1.807) is 26.6 Å². The fraction of sp³-hybridized carbons (Fsp3) is 0.250. The van der Waals surface area contributed by atoms with Gasteiger partial charge in [0, 0.05) is 67.0 Å². The molecule has 190 valence electrons. The number of hydrogen-bond donors (Lipinski definition) is 1. The number of benzene rings is 2. The summed E-state index contributed by atoms with van der Waals surface area (Å²) in [5.41, 5.74) is 5.05. The molecule has 0 bridgehead atoms. The molecule has 1 atom stereocenters. The summed E-state index contributed by atoms with van der Waals surface area (Å²) < 4.78 is 15.0. The molecule has 5 rings (SSSR count). The third-order valence-electron chi connectivity index (χ3n) is 6.34. The lowest BCUT2D eigenvalue weighted by Gasteiger charge is -2.28. The van der Waals surface area contributed by atoms with E-state index in [0.29, 0.717) is 24.6 Å². The minimum Gasteiger partial charge on any atom is -0.497 e. The maximum Gasteiger partial charge on any atom is 0.124 e. The molecular weight excluding hydrogens is 468 g/mol. The minimum absolute atomic E-state index is 0.325. The van der Waals surface area contributed by atoms with Gasteiger partial charge in [-0.05, 0) is 31.2 Å². The molecule has 1 N–H and O–H groups in total. The number of methoxy groups -OCH3 is 2. The van der Waals surface area contributed by atoms with Crippen molar-refractivity contribution in [1.82, 2.24) is 24.1 Å². The standard InChI is InChI=1S/C28H30N6O3/c1-19-29-8-10-33(19)17-23(35)18-34(22-11-24(36-3)14-25(12-22)37-4)21-5-6-26-27(13-21)31-28(15-30-26)20-7-9-32(2)16-20/h5-16,23,35H,17-18H2,1-4H3. The van der Waals surface area contributed by atoms with Crippen molar-refractivity contribution in [1.29, 1.82) is 0 Å². The summed E-state index contributed by atoms with van der Waals surface area (Å²) in [6.45, 7) is 2.66. The lowest BCUT2D eigenvalue weighted by Crippen LogP contribution is -2.32. The van der Waals surface area contributed by atoms with Crippen LogP contribution in [0, 0.1) is 6.92 Å². The van der Waals surface area contributed by atoms with Crippen LogP contribution in [0.2, 0.25) is 0 Å². The quantitative estimate of drug-likeness (QED) is 0.323. The molecule has 0 saturated carbocycles. The number of rotatable bonds is 9. The van der Waals surface area contributed by atoms with Crippen molar-refractivity contribution in [2.24, 2.45) is 7.05 Å². The average molecular weight is 499 g/mol. The van der Waals surface area contributed by atoms with Crippen LogP contribution in [0.4, 0.5) is 11.4 Å². The second kappa shape index (κ2) is 10.3. The van der Waals surface area contributed by atoms with E-state index in [9.17, 15) is 5.11 Å². The number of aliphatic hydroxyl groups is 1. The predicted octanol–water partition coefficient (Wildman–Crippen LogP) is 4.36. The molecule has 0 aliphatic carbocycles. The molecule has 5 aromatic rings. The first-order chi connectivity index (χ1) is 17.9. The molecule has 9 nitrogen and oxygen atoms in total. The van der Waals surface area contributed by atoms with Crippen molar-refractivity contribution >= 4 is 22.4 Å². The smallest absolute Gasteiger partial charge is 0.124 e. The van der Waals surface area contributed by atoms with Crippen molar-refractivity contribution in [3.8, 4) is 22.8 Å². The van der Waals surface area contributed by atoms with Gasteiger partial charge >= 0.3 is 0 Å². The number of anilines is 2. The number of aryl methyl sites for hydroxylation is 2. The van der Waals surface area contributed by atoms with Gasteiger partial charge in [-0.3, -0.25) is 4.98 Å². The van der Waals surface area contributed by atoms with Gasteiger partial charge in [-0.1, -0.05) is 0 Å². The Hall–Kier alpha value is -4.37. The fourth-order valence-corrected chi connectivity index (χ4v) is 4.36. The molecule has 3 heterocycles. The first-order valence-electron chi connectivity index (χ1n) is 12.0. The zero-order valence-corrected chi connectivity index (χ0v) is 21.4. The van der Waals surface area contributed by atoms with Crippen molar-refractivity contribution < 1.29 is 14.6 Å². The van der Waals surface area contributed by atoms with E-state index in [-0.39, 0.29) is 0 Å². The summed E-state index contributed by atoms with van der Waals surface area (Å²) in [7, 11) is 5.22. The summed E-state index contributed by atoms with van der Waals surface area (Å²) >= 11 is 0. The highest BCUT2D eigenvalue weighted by atomic mass is 16.5. The Balaban J connectivity index is 1.56. The highest BCUT2D eigenvalue weighted by Crippen LogP contribution is 2.34. The lowest BCUT2D eigenvalue weighted by molar-refractivity contribution is 0.161. The number of aromatic nitrogens is 5. The van der Waals surface area contributed by atoms with E-state index in [1.165, 1.54) is 0 Å². The maximum atomic E-state index is 11.1. The first kappa shape index (κ1) is 24.3. The molecule has 0 amide bonds. The largest absolute Gasteiger partial charge is 0.497 e. The van der Waals surface area contributed by atoms with Gasteiger partial charge < -0.3 is 28.6 Å². The molecule has 2 aromatic carbocycles. The van der Waals surface area contributed by atoms with E-state index in [4.69, 9.17) is 14.5 Å². The van der Waals surface area contributed by atoms with Crippen LogP contribution in [-0.4, -0.2) is 56.1 Å². The van der Waals surface area contributed by atoms with E-state index >= 15 is 0 Å². The van der Waals surface area contributed by atoms with Crippen LogP contribution in [-0.2, 0) is 13.6 Å². The zero-order valence-electron chi connectivity index (χ0n) is 21.4. The van der Waals surface area contributed by atoms with Crippen LogP contribution in [0.5, 0.6) is 11.5 Å². The van der Waals surface area contributed by atoms with Gasteiger partial charge in [0.15, 0.2) is 0 Å². The molecule has 3 aromatic heterocycles. The van der Waals surface area contributed by atoms with Crippen LogP contribution in [0.25, 0.3) is 22.3 Å². The molecule has 0 fully saturated rings. The number of hydrogen-bond acceptors (Lipinski definition) is 7. The number of aliphatic hydroxyl groups excluding tert-OH is 1. The third kappa shape index (κ3) is 5.26. The zero-order chi connectivity index (χ0) is 25.9. The summed E-state index contributed by atoms with van der Waals surface area (Å²) in [6.07, 6.45) is 8.72. The monoisotopic (exact) mass is 498 g/mol. The van der Waals surface area contributed by atoms with Crippen molar-refractivity contribution in [2.75, 3.05) is 25.7 Å². The molecule has 0 aliphatic heterocycles. The predicted molar refractivity (Wildman–Crippen MR) is 143 cm³/mol. The van der Waals surface area contributed by atoms with Crippen molar-refractivity contribution in [3.05, 3.63) is 79.3 Å². The highest BCUT2D eigenvalue weighted by molar-refractivity contribution is 5.82. The molecule has 37 heavy (non-hydrogen) atoms. The Bertz CT molecular complexity index is 1500. The van der Waals surface area contributed by atoms with Gasteiger partial charge in [0.25, 0.3) is 0 Å². The van der Waals surface area contributed by atoms with Gasteiger partial charge in [-0.15, -0.1) is 0 Å². The second-order valence-corrected chi connectivity index (χ2v) is 8.96. The minimum atomic E-state index is -0.678. The Labute approximate surface area is 215 Å². The maximum absolute atomic E-state index is 11.1. The topological polar surface area (TPSA) is 90.5 Å². The number of ether oxygens (including phenoxy) is 2. The summed E-state index contributed by atoms with van der Waals surface area (Å²) in [6, 6.07) is 13.6. The van der Waals surface area contributed by atoms with Gasteiger partial charge in [0.2, 0.25) is 0 Å². The van der Waals surface area contributed by atoms with Crippen molar-refractivity contribution in [2.45, 2.75) is 19.6 Å². The summed E-state index contributed by atoms with van der Waals surface area (Å²) in [4.78, 5) is 15.8. The van der Waals surface area contributed by atoms with E-state index in [0.717, 1.165) is 39.5 Å². The molecule has 0 saturated heterocycles. The second-order valence-electron chi connectivity index (χ2n) is 8.96. The fourth-order valence-electron chi connectivity index (χ4n) is 4.36. The molecule has 1 unspecified atom stereocenters. The number of fused-ring (bicyclic) bond motifs is 1. The molecule has 0 aliphatic rings. The average Bonchev–Trinajstić information content (AvgIpc) is 3.53. The SMILES string of the molecule is COc1cc(OC)cc(N(CC(O)Cn2ccnc2C)c2ccc3ncc(-c4ccn(C)c4)nc3c2)c1. The normalized spacial score (nSPS) is 12.0. The molecule has 0 radical (unpaired) electrons. The van der Waals surface area contributed by atoms with Crippen LogP contribution < -0.4 is 14.4 Å². The van der Waals surface area contributed by atoms with Gasteiger partial charge in [-0.25, -0.2) is 9.97 Å². The molecule has 0 spiro atoms. The van der Waals surface area contributed by atoms with Crippen molar-refractivity contribution in [3.63, 3.8) is 0 Å². The Morgan fingerprint density at radius 3 is 2.38 bits per heavy atom. The van der Waals surface area contributed by atoms with Crippen LogP contribution in [0.1, 0.15) is 5.82 Å². The lowest BCUT2D eigenvalue weighted by atomic mass is 10.1. The van der Waals surface area contributed by atoms with Gasteiger partial charge in [-0.2, -0.15) is 0 Å². The Morgan fingerprint density at radius 2 is 1.73 bits per heavy atom. The number of imidazole rings is 1. The van der Waals surface area contributed by atoms with Crippen LogP contribution in [0.15, 0.2) is 73.4 Å². The van der Waals surface area contributed by atoms with E-state index in [2.05, 4.69) is 9.97 Å². The number of nitrogens with zero attached hydrogens (tertiary/aromatic N) is 6. The Morgan fingerprint density at radius 1 is 0.946 bits per heavy atom. The molecule has 9 heteroatoms. The highest BCUT2D eigenvalue weighted by Gasteiger charge is 2.19. The third-order valence-corrected chi connectivity index (χ3v) is 6.34. The summed E-state index contributed by atoms with van der Waals surface area (Å²) in [5, 5.41) is 11.1. The van der Waals surface area contributed by atoms with Gasteiger partial charge in [0.05, 0.1) is 56.3 Å². The van der Waals surface area contributed by atoms with E-state index < -0.39 is 6.10 Å². The van der Waals surface area contributed by atoms with E-state index in [1.807, 2.05) is 89.1 Å². The summed E-state index contributed by atoms with van der Waals surface area (Å²) in [5.74, 6) is 2.17.